The number of primary amides is 1. The molecule has 1 amide bonds. The highest BCUT2D eigenvalue weighted by molar-refractivity contribution is 5.79. The SMILES string of the molecule is CC(C)CN(CC(N)=O)c1ccc(CN)cc1F. The van der Waals surface area contributed by atoms with Crippen molar-refractivity contribution >= 4 is 11.6 Å². The Morgan fingerprint density at radius 2 is 2.11 bits per heavy atom. The number of rotatable bonds is 6. The predicted octanol–water partition coefficient (Wildman–Crippen LogP) is 1.23. The van der Waals surface area contributed by atoms with Crippen LogP contribution in [0.5, 0.6) is 0 Å². The maximum Gasteiger partial charge on any atom is 0.236 e. The Balaban J connectivity index is 3.00. The summed E-state index contributed by atoms with van der Waals surface area (Å²) >= 11 is 0. The third-order valence-electron chi connectivity index (χ3n) is 2.52. The summed E-state index contributed by atoms with van der Waals surface area (Å²) in [6, 6.07) is 4.79. The van der Waals surface area contributed by atoms with E-state index in [0.717, 1.165) is 5.56 Å². The first kappa shape index (κ1) is 14.4. The van der Waals surface area contributed by atoms with Crippen LogP contribution in [0.25, 0.3) is 0 Å². The van der Waals surface area contributed by atoms with Crippen molar-refractivity contribution in [3.05, 3.63) is 29.6 Å². The molecule has 0 aromatic heterocycles. The molecule has 0 heterocycles. The van der Waals surface area contributed by atoms with Crippen LogP contribution in [-0.4, -0.2) is 19.0 Å². The highest BCUT2D eigenvalue weighted by atomic mass is 19.1. The maximum absolute atomic E-state index is 13.9. The molecule has 4 N–H and O–H groups in total. The van der Waals surface area contributed by atoms with Crippen LogP contribution in [0.15, 0.2) is 18.2 Å². The fourth-order valence-electron chi connectivity index (χ4n) is 1.81. The molecule has 0 aliphatic rings. The highest BCUT2D eigenvalue weighted by Gasteiger charge is 2.15. The smallest absolute Gasteiger partial charge is 0.236 e. The molecule has 0 atom stereocenters. The van der Waals surface area contributed by atoms with Crippen molar-refractivity contribution in [1.82, 2.24) is 0 Å². The quantitative estimate of drug-likeness (QED) is 0.801. The van der Waals surface area contributed by atoms with E-state index in [1.807, 2.05) is 13.8 Å². The van der Waals surface area contributed by atoms with E-state index in [4.69, 9.17) is 11.5 Å². The molecule has 0 unspecified atom stereocenters. The average Bonchev–Trinajstić information content (AvgIpc) is 2.26. The van der Waals surface area contributed by atoms with E-state index in [9.17, 15) is 9.18 Å². The van der Waals surface area contributed by atoms with Crippen molar-refractivity contribution in [2.45, 2.75) is 20.4 Å². The summed E-state index contributed by atoms with van der Waals surface area (Å²) < 4.78 is 13.9. The summed E-state index contributed by atoms with van der Waals surface area (Å²) in [6.07, 6.45) is 0. The predicted molar refractivity (Wildman–Crippen MR) is 70.5 cm³/mol. The second-order valence-corrected chi connectivity index (χ2v) is 4.73. The van der Waals surface area contributed by atoms with E-state index in [-0.39, 0.29) is 18.9 Å². The molecule has 0 bridgehead atoms. The zero-order valence-electron chi connectivity index (χ0n) is 10.8. The lowest BCUT2D eigenvalue weighted by Gasteiger charge is -2.25. The van der Waals surface area contributed by atoms with E-state index in [0.29, 0.717) is 18.2 Å². The van der Waals surface area contributed by atoms with Crippen LogP contribution < -0.4 is 16.4 Å². The largest absolute Gasteiger partial charge is 0.368 e. The van der Waals surface area contributed by atoms with Crippen LogP contribution in [0, 0.1) is 11.7 Å². The monoisotopic (exact) mass is 253 g/mol. The van der Waals surface area contributed by atoms with E-state index >= 15 is 0 Å². The minimum absolute atomic E-state index is 0.0110. The molecule has 0 fully saturated rings. The van der Waals surface area contributed by atoms with Crippen molar-refractivity contribution in [1.29, 1.82) is 0 Å². The molecule has 100 valence electrons. The number of hydrogen-bond donors (Lipinski definition) is 2. The lowest BCUT2D eigenvalue weighted by Crippen LogP contribution is -2.36. The van der Waals surface area contributed by atoms with Gasteiger partial charge in [-0.25, -0.2) is 4.39 Å². The fraction of sp³-hybridized carbons (Fsp3) is 0.462. The van der Waals surface area contributed by atoms with E-state index in [1.54, 1.807) is 17.0 Å². The molecule has 18 heavy (non-hydrogen) atoms. The van der Waals surface area contributed by atoms with Gasteiger partial charge in [-0.3, -0.25) is 4.79 Å². The molecular formula is C13H20FN3O. The Hall–Kier alpha value is -1.62. The van der Waals surface area contributed by atoms with Gasteiger partial charge in [0, 0.05) is 13.1 Å². The summed E-state index contributed by atoms with van der Waals surface area (Å²) in [7, 11) is 0. The van der Waals surface area contributed by atoms with Crippen LogP contribution >= 0.6 is 0 Å². The molecule has 0 radical (unpaired) electrons. The number of halogens is 1. The minimum atomic E-state index is -0.474. The standard InChI is InChI=1S/C13H20FN3O/c1-9(2)7-17(8-13(16)18)12-4-3-10(6-15)5-11(12)14/h3-5,9H,6-8,15H2,1-2H3,(H2,16,18). The first-order valence-electron chi connectivity index (χ1n) is 5.95. The Morgan fingerprint density at radius 1 is 1.44 bits per heavy atom. The summed E-state index contributed by atoms with van der Waals surface area (Å²) in [6.45, 7) is 4.87. The van der Waals surface area contributed by atoms with Crippen molar-refractivity contribution in [3.8, 4) is 0 Å². The normalized spacial score (nSPS) is 10.7. The molecular weight excluding hydrogens is 233 g/mol. The Morgan fingerprint density at radius 3 is 2.56 bits per heavy atom. The highest BCUT2D eigenvalue weighted by Crippen LogP contribution is 2.21. The number of anilines is 1. The fourth-order valence-corrected chi connectivity index (χ4v) is 1.81. The molecule has 0 saturated carbocycles. The molecule has 4 nitrogen and oxygen atoms in total. The van der Waals surface area contributed by atoms with Gasteiger partial charge in [-0.05, 0) is 23.6 Å². The Bertz CT molecular complexity index is 421. The number of hydrogen-bond acceptors (Lipinski definition) is 3. The summed E-state index contributed by atoms with van der Waals surface area (Å²) in [5.74, 6) is -0.546. The van der Waals surface area contributed by atoms with E-state index in [1.165, 1.54) is 6.07 Å². The van der Waals surface area contributed by atoms with Crippen LogP contribution in [0.2, 0.25) is 0 Å². The second-order valence-electron chi connectivity index (χ2n) is 4.73. The number of nitrogens with zero attached hydrogens (tertiary/aromatic N) is 1. The van der Waals surface area contributed by atoms with Gasteiger partial charge in [0.25, 0.3) is 0 Å². The number of nitrogens with two attached hydrogens (primary N) is 2. The number of benzene rings is 1. The molecule has 1 aromatic rings. The minimum Gasteiger partial charge on any atom is -0.368 e. The van der Waals surface area contributed by atoms with Crippen molar-refractivity contribution in [2.75, 3.05) is 18.0 Å². The van der Waals surface area contributed by atoms with Crippen LogP contribution in [-0.2, 0) is 11.3 Å². The van der Waals surface area contributed by atoms with Gasteiger partial charge >= 0.3 is 0 Å². The van der Waals surface area contributed by atoms with Crippen LogP contribution in [0.3, 0.4) is 0 Å². The number of carbonyl (C=O) groups is 1. The summed E-state index contributed by atoms with van der Waals surface area (Å²) in [5.41, 5.74) is 11.8. The molecule has 0 aliphatic carbocycles. The third kappa shape index (κ3) is 4.00. The summed E-state index contributed by atoms with van der Waals surface area (Å²) in [5, 5.41) is 0. The molecule has 5 heteroatoms. The van der Waals surface area contributed by atoms with Gasteiger partial charge < -0.3 is 16.4 Å². The first-order chi connectivity index (χ1) is 8.43. The van der Waals surface area contributed by atoms with Gasteiger partial charge in [0.05, 0.1) is 12.2 Å². The van der Waals surface area contributed by atoms with Gasteiger partial charge in [-0.1, -0.05) is 19.9 Å². The maximum atomic E-state index is 13.9. The average molecular weight is 253 g/mol. The zero-order chi connectivity index (χ0) is 13.7. The second kappa shape index (κ2) is 6.35. The van der Waals surface area contributed by atoms with E-state index in [2.05, 4.69) is 0 Å². The van der Waals surface area contributed by atoms with E-state index < -0.39 is 5.91 Å². The van der Waals surface area contributed by atoms with Gasteiger partial charge in [0.2, 0.25) is 5.91 Å². The van der Waals surface area contributed by atoms with Crippen molar-refractivity contribution in [2.24, 2.45) is 17.4 Å². The van der Waals surface area contributed by atoms with Crippen molar-refractivity contribution < 1.29 is 9.18 Å². The van der Waals surface area contributed by atoms with Crippen molar-refractivity contribution in [3.63, 3.8) is 0 Å². The van der Waals surface area contributed by atoms with Gasteiger partial charge in [-0.15, -0.1) is 0 Å². The Labute approximate surface area is 107 Å². The van der Waals surface area contributed by atoms with Crippen LogP contribution in [0.1, 0.15) is 19.4 Å². The number of carbonyl (C=O) groups excluding carboxylic acids is 1. The topological polar surface area (TPSA) is 72.3 Å². The first-order valence-corrected chi connectivity index (χ1v) is 5.95. The molecule has 0 saturated heterocycles. The molecule has 0 aliphatic heterocycles. The Kier molecular flexibility index (Phi) is 5.09. The van der Waals surface area contributed by atoms with Gasteiger partial charge in [0.15, 0.2) is 0 Å². The summed E-state index contributed by atoms with van der Waals surface area (Å²) in [4.78, 5) is 12.7. The molecule has 1 aromatic carbocycles. The van der Waals surface area contributed by atoms with Gasteiger partial charge in [-0.2, -0.15) is 0 Å². The molecule has 1 rings (SSSR count). The number of amides is 1. The zero-order valence-corrected chi connectivity index (χ0v) is 10.8. The lowest BCUT2D eigenvalue weighted by molar-refractivity contribution is -0.116. The third-order valence-corrected chi connectivity index (χ3v) is 2.52. The lowest BCUT2D eigenvalue weighted by atomic mass is 10.1. The van der Waals surface area contributed by atoms with Gasteiger partial charge in [0.1, 0.15) is 5.82 Å². The molecule has 0 spiro atoms. The van der Waals surface area contributed by atoms with Crippen LogP contribution in [0.4, 0.5) is 10.1 Å².